The van der Waals surface area contributed by atoms with Crippen LogP contribution in [0.1, 0.15) is 39.2 Å². The predicted octanol–water partition coefficient (Wildman–Crippen LogP) is 3.34. The molecule has 2 fully saturated rings. The molecule has 1 heterocycles. The van der Waals surface area contributed by atoms with Crippen molar-refractivity contribution in [2.75, 3.05) is 33.3 Å². The van der Waals surface area contributed by atoms with E-state index in [-0.39, 0.29) is 42.2 Å². The van der Waals surface area contributed by atoms with E-state index >= 15 is 0 Å². The van der Waals surface area contributed by atoms with Crippen LogP contribution in [0.4, 0.5) is 0 Å². The predicted molar refractivity (Wildman–Crippen MR) is 123 cm³/mol. The molecular weight excluding hydrogens is 409 g/mol. The van der Waals surface area contributed by atoms with E-state index in [4.69, 9.17) is 10.5 Å². The van der Waals surface area contributed by atoms with Gasteiger partial charge in [0.05, 0.1) is 6.10 Å². The number of likely N-dealkylation sites (tertiary alicyclic amines) is 1. The van der Waals surface area contributed by atoms with E-state index in [1.54, 1.807) is 0 Å². The van der Waals surface area contributed by atoms with Crippen molar-refractivity contribution >= 4 is 30.7 Å². The molecule has 1 amide bonds. The second kappa shape index (κ2) is 10.5. The maximum Gasteiger partial charge on any atom is 0.243 e. The highest BCUT2D eigenvalue weighted by Gasteiger charge is 2.63. The second-order valence-corrected chi connectivity index (χ2v) is 8.90. The molecule has 0 spiro atoms. The van der Waals surface area contributed by atoms with Gasteiger partial charge in [0.1, 0.15) is 5.54 Å². The summed E-state index contributed by atoms with van der Waals surface area (Å²) in [7, 11) is 1.90. The molecule has 3 rings (SSSR count). The molecule has 3 unspecified atom stereocenters. The number of nitrogens with two attached hydrogens (primary N) is 1. The van der Waals surface area contributed by atoms with Gasteiger partial charge in [-0.25, -0.2) is 0 Å². The van der Waals surface area contributed by atoms with Gasteiger partial charge in [0.2, 0.25) is 5.91 Å². The summed E-state index contributed by atoms with van der Waals surface area (Å²) in [5.74, 6) is 0.571. The molecule has 1 saturated heterocycles. The molecule has 5 nitrogen and oxygen atoms in total. The summed E-state index contributed by atoms with van der Waals surface area (Å²) >= 11 is 0. The van der Waals surface area contributed by atoms with Gasteiger partial charge >= 0.3 is 0 Å². The summed E-state index contributed by atoms with van der Waals surface area (Å²) in [5, 5.41) is 0. The Labute approximate surface area is 188 Å². The van der Waals surface area contributed by atoms with E-state index in [1.807, 2.05) is 18.9 Å². The third-order valence-corrected chi connectivity index (χ3v) is 6.71. The average Bonchev–Trinajstić information content (AvgIpc) is 3.08. The fourth-order valence-electron chi connectivity index (χ4n) is 4.66. The van der Waals surface area contributed by atoms with Gasteiger partial charge in [-0.05, 0) is 31.4 Å². The van der Waals surface area contributed by atoms with Gasteiger partial charge in [0.25, 0.3) is 0 Å². The number of likely N-dealkylation sites (N-methyl/N-ethyl adjacent to an activating group) is 1. The van der Waals surface area contributed by atoms with Gasteiger partial charge in [-0.3, -0.25) is 9.69 Å². The van der Waals surface area contributed by atoms with Crippen LogP contribution in [0.15, 0.2) is 30.3 Å². The number of hydrogen-bond acceptors (Lipinski definition) is 4. The lowest BCUT2D eigenvalue weighted by Gasteiger charge is -2.58. The first-order valence-electron chi connectivity index (χ1n) is 10.2. The lowest BCUT2D eigenvalue weighted by Crippen LogP contribution is -2.75. The summed E-state index contributed by atoms with van der Waals surface area (Å²) in [6.07, 6.45) is 1.81. The second-order valence-electron chi connectivity index (χ2n) is 8.90. The standard InChI is InChI=1S/C22H35N3O2.2ClH/c1-5-27-19-13-22(23,21(19,2)3)20(26)24(4)14-18-11-12-25(16-18)15-17-9-7-6-8-10-17;;/h6-10,18-19H,5,11-16,23H2,1-4H3;2*1H. The number of carbonyl (C=O) groups excluding carboxylic acids is 1. The SMILES string of the molecule is CCOC1CC(N)(C(=O)N(C)CC2CCN(Cc3ccccc3)C2)C1(C)C.Cl.Cl. The van der Waals surface area contributed by atoms with Crippen LogP contribution in [-0.2, 0) is 16.1 Å². The smallest absolute Gasteiger partial charge is 0.243 e. The summed E-state index contributed by atoms with van der Waals surface area (Å²) in [6.45, 7) is 10.6. The molecule has 1 aliphatic carbocycles. The zero-order chi connectivity index (χ0) is 19.7. The maximum atomic E-state index is 13.1. The van der Waals surface area contributed by atoms with Gasteiger partial charge in [-0.2, -0.15) is 0 Å². The van der Waals surface area contributed by atoms with Crippen LogP contribution < -0.4 is 5.73 Å². The van der Waals surface area contributed by atoms with Crippen molar-refractivity contribution in [1.82, 2.24) is 9.80 Å². The molecule has 1 saturated carbocycles. The van der Waals surface area contributed by atoms with E-state index in [0.717, 1.165) is 32.6 Å². The minimum Gasteiger partial charge on any atom is -0.378 e. The van der Waals surface area contributed by atoms with Crippen molar-refractivity contribution in [3.05, 3.63) is 35.9 Å². The number of nitrogens with zero attached hydrogens (tertiary/aromatic N) is 2. The minimum atomic E-state index is -0.816. The van der Waals surface area contributed by atoms with Crippen molar-refractivity contribution in [3.63, 3.8) is 0 Å². The number of rotatable bonds is 7. The van der Waals surface area contributed by atoms with Crippen molar-refractivity contribution in [1.29, 1.82) is 0 Å². The number of ether oxygens (including phenoxy) is 1. The number of benzene rings is 1. The third kappa shape index (κ3) is 5.26. The number of carbonyl (C=O) groups is 1. The summed E-state index contributed by atoms with van der Waals surface area (Å²) < 4.78 is 5.77. The molecule has 7 heteroatoms. The van der Waals surface area contributed by atoms with Crippen LogP contribution in [-0.4, -0.2) is 60.6 Å². The monoisotopic (exact) mass is 445 g/mol. The van der Waals surface area contributed by atoms with Crippen LogP contribution >= 0.6 is 24.8 Å². The first-order chi connectivity index (χ1) is 12.8. The number of halogens is 2. The highest BCUT2D eigenvalue weighted by atomic mass is 35.5. The van der Waals surface area contributed by atoms with E-state index in [9.17, 15) is 4.79 Å². The molecule has 29 heavy (non-hydrogen) atoms. The largest absolute Gasteiger partial charge is 0.378 e. The molecule has 2 aliphatic rings. The van der Waals surface area contributed by atoms with Gasteiger partial charge in [-0.15, -0.1) is 24.8 Å². The quantitative estimate of drug-likeness (QED) is 0.698. The Kier molecular flexibility index (Phi) is 9.44. The third-order valence-electron chi connectivity index (χ3n) is 6.71. The van der Waals surface area contributed by atoms with Gasteiger partial charge in [-0.1, -0.05) is 44.2 Å². The lowest BCUT2D eigenvalue weighted by molar-refractivity contribution is -0.178. The molecule has 0 bridgehead atoms. The van der Waals surface area contributed by atoms with Crippen molar-refractivity contribution in [2.45, 2.75) is 51.8 Å². The van der Waals surface area contributed by atoms with Crippen LogP contribution in [0.25, 0.3) is 0 Å². The Morgan fingerprint density at radius 1 is 1.28 bits per heavy atom. The van der Waals surface area contributed by atoms with Crippen LogP contribution in [0.2, 0.25) is 0 Å². The Hall–Kier alpha value is -0.850. The van der Waals surface area contributed by atoms with Crippen molar-refractivity contribution in [2.24, 2.45) is 17.1 Å². The Bertz CT molecular complexity index is 659. The Morgan fingerprint density at radius 3 is 2.52 bits per heavy atom. The molecule has 1 aromatic rings. The summed E-state index contributed by atoms with van der Waals surface area (Å²) in [6, 6.07) is 10.6. The zero-order valence-corrected chi connectivity index (χ0v) is 19.7. The highest BCUT2D eigenvalue weighted by molar-refractivity contribution is 5.88. The topological polar surface area (TPSA) is 58.8 Å². The highest BCUT2D eigenvalue weighted by Crippen LogP contribution is 2.50. The van der Waals surface area contributed by atoms with E-state index in [1.165, 1.54) is 5.56 Å². The first kappa shape index (κ1) is 26.2. The van der Waals surface area contributed by atoms with E-state index < -0.39 is 5.54 Å². The van der Waals surface area contributed by atoms with Crippen LogP contribution in [0.5, 0.6) is 0 Å². The summed E-state index contributed by atoms with van der Waals surface area (Å²) in [4.78, 5) is 17.4. The van der Waals surface area contributed by atoms with Crippen LogP contribution in [0.3, 0.4) is 0 Å². The molecule has 2 N–H and O–H groups in total. The number of amides is 1. The molecule has 1 aliphatic heterocycles. The van der Waals surface area contributed by atoms with Crippen LogP contribution in [0, 0.1) is 11.3 Å². The Morgan fingerprint density at radius 2 is 1.93 bits per heavy atom. The first-order valence-corrected chi connectivity index (χ1v) is 10.2. The Balaban J connectivity index is 0.00000210. The lowest BCUT2D eigenvalue weighted by atomic mass is 9.54. The summed E-state index contributed by atoms with van der Waals surface area (Å²) in [5.41, 5.74) is 6.77. The fourth-order valence-corrected chi connectivity index (χ4v) is 4.66. The van der Waals surface area contributed by atoms with E-state index in [2.05, 4.69) is 49.1 Å². The molecule has 166 valence electrons. The van der Waals surface area contributed by atoms with Crippen molar-refractivity contribution < 1.29 is 9.53 Å². The molecule has 0 aromatic heterocycles. The van der Waals surface area contributed by atoms with Gasteiger partial charge in [0, 0.05) is 45.1 Å². The maximum absolute atomic E-state index is 13.1. The van der Waals surface area contributed by atoms with Gasteiger partial charge in [0.15, 0.2) is 0 Å². The fraction of sp³-hybridized carbons (Fsp3) is 0.682. The van der Waals surface area contributed by atoms with Crippen molar-refractivity contribution in [3.8, 4) is 0 Å². The normalized spacial score (nSPS) is 28.0. The molecule has 3 atom stereocenters. The van der Waals surface area contributed by atoms with Gasteiger partial charge < -0.3 is 15.4 Å². The molecule has 1 aromatic carbocycles. The average molecular weight is 446 g/mol. The zero-order valence-electron chi connectivity index (χ0n) is 18.1. The molecule has 0 radical (unpaired) electrons. The number of hydrogen-bond donors (Lipinski definition) is 1. The minimum absolute atomic E-state index is 0. The molecular formula is C22H37Cl2N3O2. The van der Waals surface area contributed by atoms with E-state index in [0.29, 0.717) is 18.9 Å².